The Balaban J connectivity index is 1.49. The quantitative estimate of drug-likeness (QED) is 0.629. The lowest BCUT2D eigenvalue weighted by atomic mass is 9.97. The van der Waals surface area contributed by atoms with E-state index in [2.05, 4.69) is 15.3 Å². The number of piperidine rings is 1. The molecule has 168 valence electrons. The van der Waals surface area contributed by atoms with Crippen LogP contribution in [-0.2, 0) is 18.4 Å². The second kappa shape index (κ2) is 9.25. The van der Waals surface area contributed by atoms with Crippen molar-refractivity contribution in [2.45, 2.75) is 19.4 Å². The van der Waals surface area contributed by atoms with Crippen LogP contribution in [0.4, 0.5) is 5.82 Å². The van der Waals surface area contributed by atoms with Crippen molar-refractivity contribution in [3.05, 3.63) is 52.4 Å². The third kappa shape index (κ3) is 4.10. The Kier molecular flexibility index (Phi) is 6.25. The van der Waals surface area contributed by atoms with Gasteiger partial charge in [0.25, 0.3) is 5.56 Å². The Morgan fingerprint density at radius 1 is 1.22 bits per heavy atom. The number of hydrogen-bond acceptors (Lipinski definition) is 7. The van der Waals surface area contributed by atoms with E-state index < -0.39 is 0 Å². The average Bonchev–Trinajstić information content (AvgIpc) is 2.84. The molecule has 0 aliphatic carbocycles. The number of rotatable bonds is 6. The molecule has 0 saturated carbocycles. The molecule has 3 aromatic rings. The predicted octanol–water partition coefficient (Wildman–Crippen LogP) is 1.88. The summed E-state index contributed by atoms with van der Waals surface area (Å²) in [7, 11) is 4.85. The zero-order chi connectivity index (χ0) is 22.7. The third-order valence-corrected chi connectivity index (χ3v) is 5.84. The number of nitrogens with zero attached hydrogens (tertiary/aromatic N) is 4. The fraction of sp³-hybridized carbons (Fsp3) is 0.391. The van der Waals surface area contributed by atoms with Gasteiger partial charge >= 0.3 is 0 Å². The van der Waals surface area contributed by atoms with Crippen molar-refractivity contribution in [2.75, 3.05) is 32.2 Å². The Labute approximate surface area is 186 Å². The van der Waals surface area contributed by atoms with Gasteiger partial charge in [-0.05, 0) is 31.0 Å². The molecule has 2 aromatic heterocycles. The van der Waals surface area contributed by atoms with Crippen LogP contribution < -0.4 is 25.2 Å². The van der Waals surface area contributed by atoms with Gasteiger partial charge in [0, 0.05) is 38.4 Å². The number of carbonyl (C=O) groups excluding carboxylic acids is 1. The first-order valence-electron chi connectivity index (χ1n) is 10.6. The van der Waals surface area contributed by atoms with E-state index in [0.717, 1.165) is 18.4 Å². The van der Waals surface area contributed by atoms with Crippen LogP contribution in [-0.4, -0.2) is 47.8 Å². The van der Waals surface area contributed by atoms with E-state index >= 15 is 0 Å². The summed E-state index contributed by atoms with van der Waals surface area (Å²) in [4.78, 5) is 36.6. The highest BCUT2D eigenvalue weighted by molar-refractivity contribution is 5.80. The van der Waals surface area contributed by atoms with Gasteiger partial charge in [0.1, 0.15) is 5.52 Å². The summed E-state index contributed by atoms with van der Waals surface area (Å²) in [5.41, 5.74) is 1.82. The summed E-state index contributed by atoms with van der Waals surface area (Å²) in [6, 6.07) is 9.20. The predicted molar refractivity (Wildman–Crippen MR) is 121 cm³/mol. The summed E-state index contributed by atoms with van der Waals surface area (Å²) < 4.78 is 12.3. The number of fused-ring (bicyclic) bond motifs is 1. The minimum absolute atomic E-state index is 0.0566. The SMILES string of the molecule is COc1cccc(CNC(=O)[C@H]2CCCN(c3nc4cccnc4n(C)c3=O)C2)c1OC. The van der Waals surface area contributed by atoms with Crippen molar-refractivity contribution in [3.8, 4) is 11.5 Å². The lowest BCUT2D eigenvalue weighted by Gasteiger charge is -2.32. The standard InChI is InChI=1S/C23H27N5O4/c1-27-20-17(9-5-11-24-20)26-21(23(27)30)28-12-6-8-16(14-28)22(29)25-13-15-7-4-10-18(31-2)19(15)32-3/h4-5,7,9-11,16H,6,8,12-14H2,1-3H3,(H,25,29)/t16-/m0/s1. The summed E-state index contributed by atoms with van der Waals surface area (Å²) in [6.07, 6.45) is 3.20. The van der Waals surface area contributed by atoms with Crippen molar-refractivity contribution in [1.29, 1.82) is 0 Å². The highest BCUT2D eigenvalue weighted by atomic mass is 16.5. The molecule has 1 amide bonds. The van der Waals surface area contributed by atoms with Gasteiger partial charge in [-0.15, -0.1) is 0 Å². The maximum atomic E-state index is 12.9. The van der Waals surface area contributed by atoms with Gasteiger partial charge in [-0.3, -0.25) is 14.2 Å². The van der Waals surface area contributed by atoms with E-state index in [-0.39, 0.29) is 17.4 Å². The molecule has 1 aliphatic rings. The number of aromatic nitrogens is 3. The molecule has 9 nitrogen and oxygen atoms in total. The summed E-state index contributed by atoms with van der Waals surface area (Å²) in [5, 5.41) is 3.01. The van der Waals surface area contributed by atoms with Crippen molar-refractivity contribution >= 4 is 22.9 Å². The zero-order valence-electron chi connectivity index (χ0n) is 18.5. The van der Waals surface area contributed by atoms with Gasteiger partial charge < -0.3 is 19.7 Å². The fourth-order valence-corrected chi connectivity index (χ4v) is 4.15. The van der Waals surface area contributed by atoms with Crippen LogP contribution in [0, 0.1) is 5.92 Å². The maximum absolute atomic E-state index is 12.9. The molecule has 9 heteroatoms. The number of hydrogen-bond donors (Lipinski definition) is 1. The maximum Gasteiger partial charge on any atom is 0.294 e. The number of methoxy groups -OCH3 is 2. The number of benzene rings is 1. The first-order valence-corrected chi connectivity index (χ1v) is 10.6. The number of aryl methyl sites for hydroxylation is 1. The molecule has 3 heterocycles. The lowest BCUT2D eigenvalue weighted by Crippen LogP contribution is -2.45. The number of amides is 1. The Hall–Kier alpha value is -3.62. The largest absolute Gasteiger partial charge is 0.493 e. The number of ether oxygens (including phenoxy) is 2. The highest BCUT2D eigenvalue weighted by Crippen LogP contribution is 2.30. The molecule has 1 atom stereocenters. The topological polar surface area (TPSA) is 98.6 Å². The van der Waals surface area contributed by atoms with Gasteiger partial charge in [-0.2, -0.15) is 0 Å². The first kappa shape index (κ1) is 21.6. The van der Waals surface area contributed by atoms with Gasteiger partial charge in [0.15, 0.2) is 23.0 Å². The Morgan fingerprint density at radius 3 is 2.84 bits per heavy atom. The van der Waals surface area contributed by atoms with Crippen LogP contribution in [0.3, 0.4) is 0 Å². The van der Waals surface area contributed by atoms with Gasteiger partial charge in [-0.25, -0.2) is 9.97 Å². The van der Waals surface area contributed by atoms with Gasteiger partial charge in [0.05, 0.1) is 20.1 Å². The minimum Gasteiger partial charge on any atom is -0.493 e. The molecule has 32 heavy (non-hydrogen) atoms. The molecule has 0 bridgehead atoms. The lowest BCUT2D eigenvalue weighted by molar-refractivity contribution is -0.125. The van der Waals surface area contributed by atoms with E-state index in [1.54, 1.807) is 33.5 Å². The van der Waals surface area contributed by atoms with Crippen molar-refractivity contribution in [3.63, 3.8) is 0 Å². The third-order valence-electron chi connectivity index (χ3n) is 5.84. The van der Waals surface area contributed by atoms with Crippen LogP contribution in [0.25, 0.3) is 11.2 Å². The van der Waals surface area contributed by atoms with Gasteiger partial charge in [-0.1, -0.05) is 12.1 Å². The molecule has 0 radical (unpaired) electrons. The average molecular weight is 438 g/mol. The van der Waals surface area contributed by atoms with Crippen LogP contribution in [0.1, 0.15) is 18.4 Å². The second-order valence-corrected chi connectivity index (χ2v) is 7.80. The normalized spacial score (nSPS) is 16.1. The second-order valence-electron chi connectivity index (χ2n) is 7.80. The zero-order valence-corrected chi connectivity index (χ0v) is 18.5. The molecule has 0 unspecified atom stereocenters. The molecular formula is C23H27N5O4. The Morgan fingerprint density at radius 2 is 2.06 bits per heavy atom. The van der Waals surface area contributed by atoms with Crippen LogP contribution in [0.15, 0.2) is 41.3 Å². The van der Waals surface area contributed by atoms with Crippen molar-refractivity contribution in [2.24, 2.45) is 13.0 Å². The van der Waals surface area contributed by atoms with E-state index in [0.29, 0.717) is 48.1 Å². The number of pyridine rings is 1. The summed E-state index contributed by atoms with van der Waals surface area (Å²) in [5.74, 6) is 1.30. The smallest absolute Gasteiger partial charge is 0.294 e. The molecule has 4 rings (SSSR count). The fourth-order valence-electron chi connectivity index (χ4n) is 4.15. The number of anilines is 1. The van der Waals surface area contributed by atoms with Crippen LogP contribution in [0.5, 0.6) is 11.5 Å². The minimum atomic E-state index is -0.239. The monoisotopic (exact) mass is 437 g/mol. The molecule has 1 saturated heterocycles. The first-order chi connectivity index (χ1) is 15.5. The van der Waals surface area contributed by atoms with E-state index in [4.69, 9.17) is 9.47 Å². The van der Waals surface area contributed by atoms with E-state index in [1.165, 1.54) is 4.57 Å². The summed E-state index contributed by atoms with van der Waals surface area (Å²) in [6.45, 7) is 1.45. The van der Waals surface area contributed by atoms with Crippen molar-refractivity contribution in [1.82, 2.24) is 19.9 Å². The van der Waals surface area contributed by atoms with E-state index in [1.807, 2.05) is 29.2 Å². The Bertz CT molecular complexity index is 1190. The molecule has 1 aromatic carbocycles. The highest BCUT2D eigenvalue weighted by Gasteiger charge is 2.28. The van der Waals surface area contributed by atoms with E-state index in [9.17, 15) is 9.59 Å². The summed E-state index contributed by atoms with van der Waals surface area (Å²) >= 11 is 0. The van der Waals surface area contributed by atoms with Crippen molar-refractivity contribution < 1.29 is 14.3 Å². The van der Waals surface area contributed by atoms with Gasteiger partial charge in [0.2, 0.25) is 5.91 Å². The number of nitrogens with one attached hydrogen (secondary N) is 1. The molecular weight excluding hydrogens is 410 g/mol. The number of para-hydroxylation sites is 1. The molecule has 0 spiro atoms. The van der Waals surface area contributed by atoms with Crippen LogP contribution in [0.2, 0.25) is 0 Å². The molecule has 1 N–H and O–H groups in total. The number of carbonyl (C=O) groups is 1. The molecule has 1 aliphatic heterocycles. The van der Waals surface area contributed by atoms with Crippen LogP contribution >= 0.6 is 0 Å². The molecule has 1 fully saturated rings.